The number of fused-ring (bicyclic) bond motifs is 1. The Bertz CT molecular complexity index is 938. The molecular weight excluding hydrogens is 346 g/mol. The molecule has 2 aliphatic rings. The first-order chi connectivity index (χ1) is 13.8. The van der Waals surface area contributed by atoms with Crippen LogP contribution in [0.1, 0.15) is 47.7 Å². The molecule has 4 nitrogen and oxygen atoms in total. The molecule has 1 fully saturated rings. The third-order valence-electron chi connectivity index (χ3n) is 6.34. The Morgan fingerprint density at radius 3 is 2.43 bits per heavy atom. The Labute approximate surface area is 166 Å². The van der Waals surface area contributed by atoms with Crippen molar-refractivity contribution in [2.75, 3.05) is 13.1 Å². The molecular formula is C24H27N3O. The maximum atomic E-state index is 9.51. The lowest BCUT2D eigenvalue weighted by atomic mass is 9.89. The number of hydrogen-bond donors (Lipinski definition) is 1. The van der Waals surface area contributed by atoms with Gasteiger partial charge in [0, 0.05) is 12.2 Å². The van der Waals surface area contributed by atoms with E-state index in [2.05, 4.69) is 52.0 Å². The second-order valence-electron chi connectivity index (χ2n) is 8.11. The van der Waals surface area contributed by atoms with Crippen LogP contribution in [0.25, 0.3) is 5.69 Å². The molecule has 1 saturated heterocycles. The Morgan fingerprint density at radius 2 is 1.68 bits per heavy atom. The van der Waals surface area contributed by atoms with Gasteiger partial charge in [-0.05, 0) is 86.5 Å². The molecule has 28 heavy (non-hydrogen) atoms. The zero-order valence-electron chi connectivity index (χ0n) is 16.2. The minimum Gasteiger partial charge on any atom is -0.508 e. The minimum absolute atomic E-state index is 0.351. The highest BCUT2D eigenvalue weighted by Gasteiger charge is 2.26. The van der Waals surface area contributed by atoms with Gasteiger partial charge in [-0.1, -0.05) is 30.3 Å². The van der Waals surface area contributed by atoms with Crippen LogP contribution in [0.4, 0.5) is 0 Å². The van der Waals surface area contributed by atoms with Crippen molar-refractivity contribution in [2.45, 2.75) is 44.6 Å². The second-order valence-corrected chi connectivity index (χ2v) is 8.11. The van der Waals surface area contributed by atoms with E-state index in [9.17, 15) is 5.11 Å². The van der Waals surface area contributed by atoms with E-state index in [4.69, 9.17) is 5.10 Å². The van der Waals surface area contributed by atoms with Crippen LogP contribution < -0.4 is 0 Å². The van der Waals surface area contributed by atoms with E-state index < -0.39 is 0 Å². The van der Waals surface area contributed by atoms with Crippen LogP contribution in [0, 0.1) is 0 Å². The first-order valence-corrected chi connectivity index (χ1v) is 10.4. The molecule has 0 saturated carbocycles. The van der Waals surface area contributed by atoms with E-state index in [-0.39, 0.29) is 0 Å². The minimum atomic E-state index is 0.351. The van der Waals surface area contributed by atoms with Crippen molar-refractivity contribution in [3.8, 4) is 11.4 Å². The fourth-order valence-electron chi connectivity index (χ4n) is 4.81. The second kappa shape index (κ2) is 7.44. The lowest BCUT2D eigenvalue weighted by molar-refractivity contribution is 0.202. The van der Waals surface area contributed by atoms with Gasteiger partial charge in [0.25, 0.3) is 0 Å². The highest BCUT2D eigenvalue weighted by molar-refractivity contribution is 5.40. The van der Waals surface area contributed by atoms with Gasteiger partial charge >= 0.3 is 0 Å². The smallest absolute Gasteiger partial charge is 0.115 e. The number of piperidine rings is 1. The first kappa shape index (κ1) is 17.5. The van der Waals surface area contributed by atoms with Crippen molar-refractivity contribution < 1.29 is 5.11 Å². The normalized spacial score (nSPS) is 17.7. The summed E-state index contributed by atoms with van der Waals surface area (Å²) in [5.74, 6) is 0.952. The number of likely N-dealkylation sites (tertiary alicyclic amines) is 1. The quantitative estimate of drug-likeness (QED) is 0.735. The molecule has 3 aromatic rings. The number of phenols is 1. The van der Waals surface area contributed by atoms with Crippen molar-refractivity contribution in [3.63, 3.8) is 0 Å². The highest BCUT2D eigenvalue weighted by atomic mass is 16.3. The monoisotopic (exact) mass is 373 g/mol. The third kappa shape index (κ3) is 3.33. The zero-order valence-corrected chi connectivity index (χ0v) is 16.2. The van der Waals surface area contributed by atoms with E-state index in [0.29, 0.717) is 11.7 Å². The maximum absolute atomic E-state index is 9.51. The molecule has 2 aromatic carbocycles. The topological polar surface area (TPSA) is 41.3 Å². The van der Waals surface area contributed by atoms with E-state index >= 15 is 0 Å². The van der Waals surface area contributed by atoms with Gasteiger partial charge in [0.05, 0.1) is 11.4 Å². The summed E-state index contributed by atoms with van der Waals surface area (Å²) in [5, 5.41) is 14.5. The molecule has 0 amide bonds. The summed E-state index contributed by atoms with van der Waals surface area (Å²) in [7, 11) is 0. The summed E-state index contributed by atoms with van der Waals surface area (Å²) < 4.78 is 2.18. The average molecular weight is 374 g/mol. The van der Waals surface area contributed by atoms with Crippen molar-refractivity contribution >= 4 is 0 Å². The van der Waals surface area contributed by atoms with Gasteiger partial charge in [0.1, 0.15) is 5.75 Å². The zero-order chi connectivity index (χ0) is 18.9. The Morgan fingerprint density at radius 1 is 0.929 bits per heavy atom. The first-order valence-electron chi connectivity index (χ1n) is 10.4. The maximum Gasteiger partial charge on any atom is 0.115 e. The Hall–Kier alpha value is -2.59. The van der Waals surface area contributed by atoms with Gasteiger partial charge in [0.2, 0.25) is 0 Å². The number of para-hydroxylation sites is 1. The van der Waals surface area contributed by atoms with Crippen LogP contribution in [0.5, 0.6) is 5.75 Å². The van der Waals surface area contributed by atoms with Crippen molar-refractivity contribution in [1.29, 1.82) is 0 Å². The molecule has 144 valence electrons. The lowest BCUT2D eigenvalue weighted by Gasteiger charge is -2.32. The molecule has 2 heterocycles. The van der Waals surface area contributed by atoms with E-state index in [1.807, 2.05) is 0 Å². The molecule has 0 bridgehead atoms. The van der Waals surface area contributed by atoms with Gasteiger partial charge in [-0.3, -0.25) is 4.90 Å². The SMILES string of the molecule is Oc1ccc(C2CCN(Cc3nn(-c4ccccc4)c4c3CCC4)CC2)cc1. The van der Waals surface area contributed by atoms with E-state index in [1.165, 1.54) is 53.9 Å². The van der Waals surface area contributed by atoms with Gasteiger partial charge in [-0.25, -0.2) is 4.68 Å². The van der Waals surface area contributed by atoms with Crippen LogP contribution >= 0.6 is 0 Å². The summed E-state index contributed by atoms with van der Waals surface area (Å²) in [4.78, 5) is 2.56. The molecule has 1 N–H and O–H groups in total. The summed E-state index contributed by atoms with van der Waals surface area (Å²) in [6.07, 6.45) is 5.90. The van der Waals surface area contributed by atoms with Crippen molar-refractivity contribution in [3.05, 3.63) is 77.1 Å². The molecule has 5 rings (SSSR count). The molecule has 1 aliphatic carbocycles. The van der Waals surface area contributed by atoms with Gasteiger partial charge in [-0.15, -0.1) is 0 Å². The summed E-state index contributed by atoms with van der Waals surface area (Å²) >= 11 is 0. The molecule has 0 spiro atoms. The van der Waals surface area contributed by atoms with Gasteiger partial charge < -0.3 is 5.11 Å². The van der Waals surface area contributed by atoms with E-state index in [0.717, 1.165) is 26.1 Å². The van der Waals surface area contributed by atoms with E-state index in [1.54, 1.807) is 12.1 Å². The van der Waals surface area contributed by atoms with Crippen LogP contribution in [-0.4, -0.2) is 32.9 Å². The van der Waals surface area contributed by atoms with Crippen molar-refractivity contribution in [1.82, 2.24) is 14.7 Å². The Balaban J connectivity index is 1.29. The summed E-state index contributed by atoms with van der Waals surface area (Å²) in [5.41, 5.74) is 6.72. The number of benzene rings is 2. The number of rotatable bonds is 4. The van der Waals surface area contributed by atoms with Crippen LogP contribution in [0.2, 0.25) is 0 Å². The number of phenolic OH excluding ortho intramolecular Hbond substituents is 1. The van der Waals surface area contributed by atoms with Crippen LogP contribution in [0.3, 0.4) is 0 Å². The fourth-order valence-corrected chi connectivity index (χ4v) is 4.81. The molecule has 0 radical (unpaired) electrons. The molecule has 1 aromatic heterocycles. The predicted octanol–water partition coefficient (Wildman–Crippen LogP) is 4.45. The van der Waals surface area contributed by atoms with Crippen molar-refractivity contribution in [2.24, 2.45) is 0 Å². The number of nitrogens with zero attached hydrogens (tertiary/aromatic N) is 3. The highest BCUT2D eigenvalue weighted by Crippen LogP contribution is 2.32. The molecule has 1 aliphatic heterocycles. The standard InChI is InChI=1S/C24H27N3O/c28-21-11-9-18(10-12-21)19-13-15-26(16-14-19)17-23-22-7-4-8-24(22)27(25-23)20-5-2-1-3-6-20/h1-3,5-6,9-12,19,28H,4,7-8,13-17H2. The van der Waals surface area contributed by atoms with Crippen LogP contribution in [-0.2, 0) is 19.4 Å². The fraction of sp³-hybridized carbons (Fsp3) is 0.375. The molecule has 0 unspecified atom stereocenters. The molecule has 0 atom stereocenters. The lowest BCUT2D eigenvalue weighted by Crippen LogP contribution is -2.32. The number of hydrogen-bond acceptors (Lipinski definition) is 3. The average Bonchev–Trinajstić information content (AvgIpc) is 3.34. The molecule has 4 heteroatoms. The summed E-state index contributed by atoms with van der Waals surface area (Å²) in [6, 6.07) is 18.3. The van der Waals surface area contributed by atoms with Gasteiger partial charge in [-0.2, -0.15) is 5.10 Å². The summed E-state index contributed by atoms with van der Waals surface area (Å²) in [6.45, 7) is 3.18. The number of aromatic nitrogens is 2. The largest absolute Gasteiger partial charge is 0.508 e. The van der Waals surface area contributed by atoms with Crippen LogP contribution in [0.15, 0.2) is 54.6 Å². The Kier molecular flexibility index (Phi) is 4.65. The third-order valence-corrected chi connectivity index (χ3v) is 6.34. The van der Waals surface area contributed by atoms with Gasteiger partial charge in [0.15, 0.2) is 0 Å². The predicted molar refractivity (Wildman–Crippen MR) is 111 cm³/mol. The number of aromatic hydroxyl groups is 1.